The van der Waals surface area contributed by atoms with Crippen LogP contribution in [0.2, 0.25) is 0 Å². The Bertz CT molecular complexity index is 3300. The largest absolute Gasteiger partial charge is 0.503 e. The molecule has 18 heteroatoms. The number of hydrogen-bond donors (Lipinski definition) is 4. The molecule has 0 aliphatic rings. The molecule has 0 radical (unpaired) electrons. The summed E-state index contributed by atoms with van der Waals surface area (Å²) in [5, 5.41) is 37.7. The van der Waals surface area contributed by atoms with E-state index in [4.69, 9.17) is 14.6 Å². The smallest absolute Gasteiger partial charge is 0.183 e. The maximum Gasteiger partial charge on any atom is 0.183 e. The third-order valence-electron chi connectivity index (χ3n) is 10.4. The van der Waals surface area contributed by atoms with Crippen molar-refractivity contribution in [1.29, 1.82) is 0 Å². The molecule has 0 saturated carbocycles. The molecule has 0 bridgehead atoms. The minimum Gasteiger partial charge on any atom is -0.503 e. The number of anilines is 4. The van der Waals surface area contributed by atoms with Gasteiger partial charge in [0.2, 0.25) is 0 Å². The number of methoxy groups -OCH3 is 1. The molecule has 67 heavy (non-hydrogen) atoms. The number of aromatic hydroxyl groups is 2. The number of pyridine rings is 2. The highest BCUT2D eigenvalue weighted by molar-refractivity contribution is 5.93. The molecular weight excluding hydrogens is 859 g/mol. The second kappa shape index (κ2) is 19.4. The van der Waals surface area contributed by atoms with Gasteiger partial charge in [-0.15, -0.1) is 0 Å². The highest BCUT2D eigenvalue weighted by Gasteiger charge is 2.21. The van der Waals surface area contributed by atoms with E-state index >= 15 is 0 Å². The number of nitrogens with one attached hydrogen (secondary N) is 2. The summed E-state index contributed by atoms with van der Waals surface area (Å²) in [6, 6.07) is 32.5. The van der Waals surface area contributed by atoms with Gasteiger partial charge < -0.3 is 30.3 Å². The molecule has 0 unspecified atom stereocenters. The fourth-order valence-corrected chi connectivity index (χ4v) is 7.17. The summed E-state index contributed by atoms with van der Waals surface area (Å²) < 4.78 is 43.3. The standard InChI is InChI=1S/C25H20F2N6O2.C24H20N6O2/c1-2-35-16-11-19(26)18(20(27)12-16)14-33-21-6-4-3-5-17(21)23(32-33)25-29-13-22(34)24(31-25)30-15-7-9-28-10-8-15;1-32-18-8-6-16(7-9-18)15-30-20-5-3-2-4-19(20)22(29-30)24-26-14-21(31)23(28-24)27-17-10-12-25-13-11-17/h3-13,34H,2,14H2,1H3,(H,28,29,30,31);2-14,31H,15H2,1H3,(H,25,26,27,28). The average molecular weight is 899 g/mol. The van der Waals surface area contributed by atoms with Gasteiger partial charge in [-0.25, -0.2) is 28.7 Å². The first kappa shape index (κ1) is 43.2. The van der Waals surface area contributed by atoms with Crippen LogP contribution in [0.15, 0.2) is 146 Å². The molecule has 10 rings (SSSR count). The van der Waals surface area contributed by atoms with Gasteiger partial charge in [-0.1, -0.05) is 48.5 Å². The van der Waals surface area contributed by atoms with E-state index in [2.05, 4.69) is 45.6 Å². The van der Waals surface area contributed by atoms with Crippen molar-refractivity contribution in [2.75, 3.05) is 24.4 Å². The van der Waals surface area contributed by atoms with Crippen molar-refractivity contribution in [2.24, 2.45) is 0 Å². The zero-order valence-electron chi connectivity index (χ0n) is 35.9. The Balaban J connectivity index is 0.000000169. The molecule has 10 aromatic rings. The van der Waals surface area contributed by atoms with Gasteiger partial charge in [0.1, 0.15) is 34.5 Å². The first-order chi connectivity index (χ1) is 32.7. The first-order valence-electron chi connectivity index (χ1n) is 20.9. The number of para-hydroxylation sites is 2. The van der Waals surface area contributed by atoms with Gasteiger partial charge in [-0.05, 0) is 61.0 Å². The normalized spacial score (nSPS) is 11.0. The molecule has 6 heterocycles. The van der Waals surface area contributed by atoms with E-state index in [0.29, 0.717) is 52.8 Å². The SMILES string of the molecule is CCOc1cc(F)c(Cn2nc(-c3ncc(O)c(Nc4ccncc4)n3)c3ccccc32)c(F)c1.COc1ccc(Cn2nc(-c3ncc(O)c(Nc4ccncc4)n3)c3ccccc32)cc1. The summed E-state index contributed by atoms with van der Waals surface area (Å²) in [4.78, 5) is 25.5. The minimum atomic E-state index is -0.723. The molecule has 16 nitrogen and oxygen atoms in total. The van der Waals surface area contributed by atoms with Gasteiger partial charge in [0.05, 0.1) is 50.2 Å². The van der Waals surface area contributed by atoms with Crippen molar-refractivity contribution < 1.29 is 28.5 Å². The van der Waals surface area contributed by atoms with Crippen LogP contribution in [0.3, 0.4) is 0 Å². The number of rotatable bonds is 13. The molecule has 0 aliphatic heterocycles. The van der Waals surface area contributed by atoms with E-state index < -0.39 is 11.6 Å². The Hall–Kier alpha value is -9.06. The summed E-state index contributed by atoms with van der Waals surface area (Å²) in [7, 11) is 1.65. The van der Waals surface area contributed by atoms with Crippen LogP contribution in [-0.2, 0) is 13.1 Å². The molecule has 6 aromatic heterocycles. The third kappa shape index (κ3) is 9.58. The summed E-state index contributed by atoms with van der Waals surface area (Å²) in [5.41, 5.74) is 5.06. The van der Waals surface area contributed by atoms with E-state index in [9.17, 15) is 19.0 Å². The van der Waals surface area contributed by atoms with E-state index in [1.54, 1.807) is 69.2 Å². The van der Waals surface area contributed by atoms with E-state index in [1.165, 1.54) is 17.1 Å². The number of ether oxygens (including phenoxy) is 2. The molecule has 334 valence electrons. The van der Waals surface area contributed by atoms with E-state index in [-0.39, 0.29) is 41.0 Å². The number of hydrogen-bond acceptors (Lipinski definition) is 14. The van der Waals surface area contributed by atoms with Crippen molar-refractivity contribution in [1.82, 2.24) is 49.5 Å². The first-order valence-corrected chi connectivity index (χ1v) is 20.9. The van der Waals surface area contributed by atoms with Crippen LogP contribution < -0.4 is 20.1 Å². The molecule has 0 aliphatic carbocycles. The highest BCUT2D eigenvalue weighted by Crippen LogP contribution is 2.33. The lowest BCUT2D eigenvalue weighted by Crippen LogP contribution is -2.07. The van der Waals surface area contributed by atoms with Crippen LogP contribution in [-0.4, -0.2) is 73.4 Å². The number of aromatic nitrogens is 10. The van der Waals surface area contributed by atoms with Crippen molar-refractivity contribution >= 4 is 44.8 Å². The van der Waals surface area contributed by atoms with Crippen LogP contribution in [0.5, 0.6) is 23.0 Å². The Morgan fingerprint density at radius 1 is 0.597 bits per heavy atom. The highest BCUT2D eigenvalue weighted by atomic mass is 19.1. The molecular formula is C49H40F2N12O4. The lowest BCUT2D eigenvalue weighted by molar-refractivity contribution is 0.335. The maximum absolute atomic E-state index is 14.7. The zero-order valence-corrected chi connectivity index (χ0v) is 35.9. The maximum atomic E-state index is 14.7. The number of fused-ring (bicyclic) bond motifs is 2. The summed E-state index contributed by atoms with van der Waals surface area (Å²) in [6.45, 7) is 2.48. The van der Waals surface area contributed by atoms with Crippen molar-refractivity contribution in [3.05, 3.63) is 169 Å². The number of halogens is 2. The van der Waals surface area contributed by atoms with E-state index in [0.717, 1.165) is 40.0 Å². The zero-order chi connectivity index (χ0) is 46.3. The second-order valence-electron chi connectivity index (χ2n) is 14.8. The number of nitrogens with zero attached hydrogens (tertiary/aromatic N) is 10. The predicted octanol–water partition coefficient (Wildman–Crippen LogP) is 9.46. The fourth-order valence-electron chi connectivity index (χ4n) is 7.17. The summed E-state index contributed by atoms with van der Waals surface area (Å²) >= 11 is 0. The van der Waals surface area contributed by atoms with Crippen LogP contribution in [0, 0.1) is 11.6 Å². The van der Waals surface area contributed by atoms with E-state index in [1.807, 2.05) is 71.4 Å². The monoisotopic (exact) mass is 898 g/mol. The Kier molecular flexibility index (Phi) is 12.5. The second-order valence-corrected chi connectivity index (χ2v) is 14.8. The quantitative estimate of drug-likeness (QED) is 0.0854. The lowest BCUT2D eigenvalue weighted by Gasteiger charge is -2.10. The molecule has 0 fully saturated rings. The van der Waals surface area contributed by atoms with Crippen LogP contribution in [0.25, 0.3) is 44.8 Å². The van der Waals surface area contributed by atoms with Gasteiger partial charge in [0.15, 0.2) is 34.8 Å². The Morgan fingerprint density at radius 2 is 1.07 bits per heavy atom. The van der Waals surface area contributed by atoms with Crippen LogP contribution in [0.1, 0.15) is 18.1 Å². The van der Waals surface area contributed by atoms with Crippen molar-refractivity contribution in [3.63, 3.8) is 0 Å². The van der Waals surface area contributed by atoms with Crippen molar-refractivity contribution in [2.45, 2.75) is 20.0 Å². The minimum absolute atomic E-state index is 0.0486. The van der Waals surface area contributed by atoms with Gasteiger partial charge in [0.25, 0.3) is 0 Å². The van der Waals surface area contributed by atoms with Gasteiger partial charge in [-0.3, -0.25) is 19.3 Å². The predicted molar refractivity (Wildman–Crippen MR) is 249 cm³/mol. The van der Waals surface area contributed by atoms with Crippen molar-refractivity contribution in [3.8, 4) is 46.0 Å². The fraction of sp³-hybridized carbons (Fsp3) is 0.102. The van der Waals surface area contributed by atoms with Crippen LogP contribution >= 0.6 is 0 Å². The molecule has 0 amide bonds. The summed E-state index contributed by atoms with van der Waals surface area (Å²) in [6.07, 6.45) is 9.19. The van der Waals surface area contributed by atoms with Gasteiger partial charge in [-0.2, -0.15) is 10.2 Å². The van der Waals surface area contributed by atoms with Crippen LogP contribution in [0.4, 0.5) is 31.8 Å². The molecule has 4 N–H and O–H groups in total. The Labute approximate surface area is 381 Å². The van der Waals surface area contributed by atoms with Gasteiger partial charge in [0, 0.05) is 64.6 Å². The lowest BCUT2D eigenvalue weighted by atomic mass is 10.1. The average Bonchev–Trinajstić information content (AvgIpc) is 3.91. The molecule has 0 saturated heterocycles. The number of benzene rings is 4. The van der Waals surface area contributed by atoms with Gasteiger partial charge >= 0.3 is 0 Å². The molecule has 0 spiro atoms. The third-order valence-corrected chi connectivity index (χ3v) is 10.4. The topological polar surface area (TPSA) is 196 Å². The Morgan fingerprint density at radius 3 is 1.55 bits per heavy atom. The molecule has 4 aromatic carbocycles. The molecule has 0 atom stereocenters. The summed E-state index contributed by atoms with van der Waals surface area (Å²) in [5.74, 6) is 0.443.